The van der Waals surface area contributed by atoms with E-state index in [-0.39, 0.29) is 22.5 Å². The number of morpholine rings is 1. The Hall–Kier alpha value is -4.04. The van der Waals surface area contributed by atoms with E-state index in [1.54, 1.807) is 0 Å². The number of ether oxygens (including phenoxy) is 1. The van der Waals surface area contributed by atoms with Crippen molar-refractivity contribution in [1.29, 1.82) is 0 Å². The number of benzene rings is 1. The van der Waals surface area contributed by atoms with Gasteiger partial charge in [0.2, 0.25) is 5.95 Å². The second-order valence-electron chi connectivity index (χ2n) is 11.0. The van der Waals surface area contributed by atoms with Crippen molar-refractivity contribution >= 4 is 17.5 Å². The molecule has 1 amide bonds. The molecule has 2 aliphatic rings. The van der Waals surface area contributed by atoms with Crippen LogP contribution >= 0.6 is 0 Å². The summed E-state index contributed by atoms with van der Waals surface area (Å²) in [7, 11) is 1.96. The van der Waals surface area contributed by atoms with Gasteiger partial charge in [-0.3, -0.25) is 19.1 Å². The van der Waals surface area contributed by atoms with E-state index in [2.05, 4.69) is 14.9 Å². The predicted molar refractivity (Wildman–Crippen MR) is 148 cm³/mol. The number of nitrogens with zero attached hydrogens (tertiary/aromatic N) is 6. The van der Waals surface area contributed by atoms with Gasteiger partial charge in [-0.25, -0.2) is 14.4 Å². The van der Waals surface area contributed by atoms with Crippen LogP contribution in [0.2, 0.25) is 0 Å². The molecule has 0 spiro atoms. The number of pyridine rings is 1. The number of hydrogen-bond acceptors (Lipinski definition) is 8. The van der Waals surface area contributed by atoms with Crippen LogP contribution in [0.5, 0.6) is 0 Å². The van der Waals surface area contributed by atoms with Crippen molar-refractivity contribution in [3.05, 3.63) is 64.1 Å². The third kappa shape index (κ3) is 5.68. The molecule has 0 radical (unpaired) electrons. The van der Waals surface area contributed by atoms with Gasteiger partial charge >= 0.3 is 6.18 Å². The molecule has 5 rings (SSSR count). The Balaban J connectivity index is 1.67. The molecule has 0 bridgehead atoms. The Labute approximate surface area is 239 Å². The lowest BCUT2D eigenvalue weighted by Crippen LogP contribution is -2.58. The van der Waals surface area contributed by atoms with Crippen molar-refractivity contribution in [1.82, 2.24) is 19.4 Å². The van der Waals surface area contributed by atoms with E-state index >= 15 is 4.39 Å². The van der Waals surface area contributed by atoms with Crippen LogP contribution in [0.4, 0.5) is 29.2 Å². The minimum absolute atomic E-state index is 0.0306. The lowest BCUT2D eigenvalue weighted by Gasteiger charge is -2.46. The Morgan fingerprint density at radius 2 is 1.67 bits per heavy atom. The maximum absolute atomic E-state index is 15.8. The number of hydrogen-bond donors (Lipinski definition) is 1. The van der Waals surface area contributed by atoms with Gasteiger partial charge in [0.05, 0.1) is 35.7 Å². The fourth-order valence-electron chi connectivity index (χ4n) is 5.20. The highest BCUT2D eigenvalue weighted by Gasteiger charge is 2.37. The van der Waals surface area contributed by atoms with Crippen molar-refractivity contribution in [3.8, 4) is 16.8 Å². The van der Waals surface area contributed by atoms with Crippen LogP contribution < -0.4 is 21.1 Å². The summed E-state index contributed by atoms with van der Waals surface area (Å²) in [6.45, 7) is 7.79. The zero-order valence-corrected chi connectivity index (χ0v) is 23.4. The predicted octanol–water partition coefficient (Wildman–Crippen LogP) is 2.92. The van der Waals surface area contributed by atoms with Crippen molar-refractivity contribution in [2.45, 2.75) is 25.6 Å². The number of carbonyl (C=O) groups excluding carboxylic acids is 1. The van der Waals surface area contributed by atoms with Gasteiger partial charge in [0.15, 0.2) is 0 Å². The maximum atomic E-state index is 15.8. The highest BCUT2D eigenvalue weighted by Crippen LogP contribution is 2.36. The molecule has 2 saturated heterocycles. The fraction of sp³-hybridized carbons (Fsp3) is 0.429. The van der Waals surface area contributed by atoms with E-state index in [1.165, 1.54) is 24.5 Å². The smallest absolute Gasteiger partial charge is 0.378 e. The number of aromatic nitrogens is 3. The SMILES string of the molecule is CN1CCN(c2cc(F)c(-c3cnc(N4CCOCC4)nc3)cc2-n2cc(C(N)=O)c(C(F)(F)F)cc2=O)CC1(C)C. The molecule has 14 heteroatoms. The molecule has 42 heavy (non-hydrogen) atoms. The van der Waals surface area contributed by atoms with E-state index in [0.717, 1.165) is 10.8 Å². The van der Waals surface area contributed by atoms with E-state index in [4.69, 9.17) is 10.5 Å². The lowest BCUT2D eigenvalue weighted by molar-refractivity contribution is -0.138. The van der Waals surface area contributed by atoms with E-state index < -0.39 is 34.6 Å². The average molecular weight is 590 g/mol. The molecular formula is C28H31F4N7O3. The summed E-state index contributed by atoms with van der Waals surface area (Å²) in [6, 6.07) is 2.94. The molecule has 10 nitrogen and oxygen atoms in total. The van der Waals surface area contributed by atoms with Crippen molar-refractivity contribution in [2.75, 3.05) is 62.8 Å². The quantitative estimate of drug-likeness (QED) is 0.453. The van der Waals surface area contributed by atoms with Crippen molar-refractivity contribution in [3.63, 3.8) is 0 Å². The van der Waals surface area contributed by atoms with Gasteiger partial charge in [-0.15, -0.1) is 0 Å². The summed E-state index contributed by atoms with van der Waals surface area (Å²) in [4.78, 5) is 39.9. The number of alkyl halides is 3. The van der Waals surface area contributed by atoms with Gasteiger partial charge in [-0.1, -0.05) is 0 Å². The summed E-state index contributed by atoms with van der Waals surface area (Å²) < 4.78 is 63.1. The first-order valence-electron chi connectivity index (χ1n) is 13.4. The van der Waals surface area contributed by atoms with Crippen LogP contribution in [-0.2, 0) is 10.9 Å². The fourth-order valence-corrected chi connectivity index (χ4v) is 5.20. The summed E-state index contributed by atoms with van der Waals surface area (Å²) in [5.41, 5.74) is 2.29. The zero-order valence-electron chi connectivity index (χ0n) is 23.4. The van der Waals surface area contributed by atoms with Crippen molar-refractivity contribution in [2.24, 2.45) is 5.73 Å². The third-order valence-corrected chi connectivity index (χ3v) is 7.85. The standard InChI is InChI=1S/C28H31F4N7O3/c1-27(2)16-38(5-4-36(27)3)22-12-21(29)18(17-13-34-26(35-14-17)37-6-8-42-9-7-37)10-23(22)39-15-19(25(33)41)20(11-24(39)40)28(30,31)32/h10-15H,4-9,16H2,1-3H3,(H2,33,41). The molecule has 2 N–H and O–H groups in total. The largest absolute Gasteiger partial charge is 0.417 e. The number of anilines is 2. The number of likely N-dealkylation sites (N-methyl/N-ethyl adjacent to an activating group) is 1. The molecule has 2 aromatic heterocycles. The van der Waals surface area contributed by atoms with Crippen LogP contribution in [-0.4, -0.2) is 83.9 Å². The summed E-state index contributed by atoms with van der Waals surface area (Å²) >= 11 is 0. The minimum atomic E-state index is -4.99. The third-order valence-electron chi connectivity index (χ3n) is 7.85. The average Bonchev–Trinajstić information content (AvgIpc) is 2.94. The molecule has 3 aromatic rings. The number of rotatable bonds is 5. The summed E-state index contributed by atoms with van der Waals surface area (Å²) in [5, 5.41) is 0. The van der Waals surface area contributed by atoms with E-state index in [9.17, 15) is 22.8 Å². The lowest BCUT2D eigenvalue weighted by atomic mass is 9.98. The van der Waals surface area contributed by atoms with Gasteiger partial charge in [-0.05, 0) is 33.0 Å². The molecule has 0 saturated carbocycles. The van der Waals surface area contributed by atoms with Crippen LogP contribution in [0.1, 0.15) is 29.8 Å². The molecular weight excluding hydrogens is 558 g/mol. The Morgan fingerprint density at radius 1 is 1.00 bits per heavy atom. The molecule has 2 aliphatic heterocycles. The molecule has 224 valence electrons. The van der Waals surface area contributed by atoms with Gasteiger partial charge in [0.25, 0.3) is 11.5 Å². The number of piperazine rings is 1. The zero-order chi connectivity index (χ0) is 30.4. The molecule has 4 heterocycles. The molecule has 0 aliphatic carbocycles. The Morgan fingerprint density at radius 3 is 2.26 bits per heavy atom. The van der Waals surface area contributed by atoms with E-state index in [0.29, 0.717) is 63.5 Å². The molecule has 2 fully saturated rings. The highest BCUT2D eigenvalue weighted by molar-refractivity contribution is 5.94. The normalized spacial score (nSPS) is 17.9. The summed E-state index contributed by atoms with van der Waals surface area (Å²) in [6.07, 6.45) is -1.32. The monoisotopic (exact) mass is 589 g/mol. The van der Waals surface area contributed by atoms with Gasteiger partial charge in [0, 0.05) is 74.0 Å². The van der Waals surface area contributed by atoms with Gasteiger partial charge in [-0.2, -0.15) is 13.2 Å². The van der Waals surface area contributed by atoms with Crippen LogP contribution in [0, 0.1) is 5.82 Å². The topological polar surface area (TPSA) is 110 Å². The highest BCUT2D eigenvalue weighted by atomic mass is 19.4. The number of nitrogens with two attached hydrogens (primary N) is 1. The van der Waals surface area contributed by atoms with Crippen LogP contribution in [0.15, 0.2) is 41.6 Å². The molecule has 1 aromatic carbocycles. The Kier molecular flexibility index (Phi) is 7.70. The van der Waals surface area contributed by atoms with E-state index in [1.807, 2.05) is 30.7 Å². The number of amides is 1. The van der Waals surface area contributed by atoms with Crippen molar-refractivity contribution < 1.29 is 27.1 Å². The maximum Gasteiger partial charge on any atom is 0.417 e. The number of halogens is 4. The van der Waals surface area contributed by atoms with Crippen LogP contribution in [0.3, 0.4) is 0 Å². The molecule has 0 unspecified atom stereocenters. The number of carbonyl (C=O) groups is 1. The van der Waals surface area contributed by atoms with Crippen LogP contribution in [0.25, 0.3) is 16.8 Å². The minimum Gasteiger partial charge on any atom is -0.378 e. The first-order valence-corrected chi connectivity index (χ1v) is 13.4. The molecule has 0 atom stereocenters. The van der Waals surface area contributed by atoms with Gasteiger partial charge in [0.1, 0.15) is 5.82 Å². The first kappa shape index (κ1) is 29.5. The second kappa shape index (κ2) is 11.0. The Bertz CT molecular complexity index is 1550. The number of primary amides is 1. The first-order chi connectivity index (χ1) is 19.8. The van der Waals surface area contributed by atoms with Gasteiger partial charge < -0.3 is 20.3 Å². The summed E-state index contributed by atoms with van der Waals surface area (Å²) in [5.74, 6) is -1.54. The second-order valence-corrected chi connectivity index (χ2v) is 11.0.